The standard InChI is InChI=1S/C27H46O2/c1-7-8-9-10-11-12-13-15-20(2)16-14-18-27(6)19-17-24-23(5)25(28)21(3)22(4)26(24)29-27/h20,28H,7-19H2,1-6H3. The van der Waals surface area contributed by atoms with E-state index in [9.17, 15) is 5.11 Å². The third kappa shape index (κ3) is 6.66. The largest absolute Gasteiger partial charge is 0.507 e. The van der Waals surface area contributed by atoms with Crippen molar-refractivity contribution in [1.29, 1.82) is 0 Å². The Morgan fingerprint density at radius 2 is 1.52 bits per heavy atom. The van der Waals surface area contributed by atoms with E-state index in [1.165, 1.54) is 69.8 Å². The summed E-state index contributed by atoms with van der Waals surface area (Å²) in [4.78, 5) is 0. The number of benzene rings is 1. The fourth-order valence-corrected chi connectivity index (χ4v) is 4.89. The van der Waals surface area contributed by atoms with Gasteiger partial charge in [0.25, 0.3) is 0 Å². The van der Waals surface area contributed by atoms with Gasteiger partial charge in [0, 0.05) is 5.56 Å². The molecule has 0 aliphatic carbocycles. The Morgan fingerprint density at radius 1 is 0.897 bits per heavy atom. The summed E-state index contributed by atoms with van der Waals surface area (Å²) in [5.41, 5.74) is 4.24. The van der Waals surface area contributed by atoms with Gasteiger partial charge in [0.1, 0.15) is 17.1 Å². The normalized spacial score (nSPS) is 19.7. The van der Waals surface area contributed by atoms with Gasteiger partial charge < -0.3 is 9.84 Å². The molecule has 2 heteroatoms. The average Bonchev–Trinajstić information content (AvgIpc) is 2.70. The van der Waals surface area contributed by atoms with E-state index in [1.807, 2.05) is 13.8 Å². The van der Waals surface area contributed by atoms with Crippen molar-refractivity contribution in [2.45, 2.75) is 131 Å². The molecule has 0 bridgehead atoms. The first-order valence-corrected chi connectivity index (χ1v) is 12.3. The summed E-state index contributed by atoms with van der Waals surface area (Å²) < 4.78 is 6.58. The Bertz CT molecular complexity index is 649. The van der Waals surface area contributed by atoms with Crippen LogP contribution in [0.25, 0.3) is 0 Å². The molecule has 1 heterocycles. The second-order valence-corrected chi connectivity index (χ2v) is 9.99. The molecule has 2 unspecified atom stereocenters. The molecule has 1 N–H and O–H groups in total. The van der Waals surface area contributed by atoms with Crippen LogP contribution in [0.1, 0.15) is 120 Å². The highest BCUT2D eigenvalue weighted by Gasteiger charge is 2.34. The number of unbranched alkanes of at least 4 members (excludes halogenated alkanes) is 6. The first kappa shape index (κ1) is 24.1. The Morgan fingerprint density at radius 3 is 2.21 bits per heavy atom. The zero-order chi connectivity index (χ0) is 21.4. The lowest BCUT2D eigenvalue weighted by Crippen LogP contribution is -2.37. The van der Waals surface area contributed by atoms with Crippen molar-refractivity contribution >= 4 is 0 Å². The van der Waals surface area contributed by atoms with E-state index >= 15 is 0 Å². The van der Waals surface area contributed by atoms with E-state index in [-0.39, 0.29) is 5.60 Å². The van der Waals surface area contributed by atoms with Crippen LogP contribution in [0.4, 0.5) is 0 Å². The summed E-state index contributed by atoms with van der Waals surface area (Å²) in [5.74, 6) is 2.32. The van der Waals surface area contributed by atoms with Crippen molar-refractivity contribution in [3.63, 3.8) is 0 Å². The van der Waals surface area contributed by atoms with Gasteiger partial charge in [-0.15, -0.1) is 0 Å². The number of ether oxygens (including phenoxy) is 1. The van der Waals surface area contributed by atoms with E-state index in [0.29, 0.717) is 5.75 Å². The molecule has 1 aromatic carbocycles. The van der Waals surface area contributed by atoms with Crippen molar-refractivity contribution in [2.75, 3.05) is 0 Å². The van der Waals surface area contributed by atoms with Crippen LogP contribution < -0.4 is 4.74 Å². The Labute approximate surface area is 180 Å². The van der Waals surface area contributed by atoms with Crippen LogP contribution in [0.5, 0.6) is 11.5 Å². The molecule has 1 aliphatic rings. The van der Waals surface area contributed by atoms with Crippen LogP contribution in [0.15, 0.2) is 0 Å². The van der Waals surface area contributed by atoms with E-state index < -0.39 is 0 Å². The average molecular weight is 403 g/mol. The van der Waals surface area contributed by atoms with Crippen molar-refractivity contribution in [1.82, 2.24) is 0 Å². The number of aromatic hydroxyl groups is 1. The molecule has 2 nitrogen and oxygen atoms in total. The van der Waals surface area contributed by atoms with Gasteiger partial charge in [0.05, 0.1) is 0 Å². The lowest BCUT2D eigenvalue weighted by Gasteiger charge is -2.38. The number of hydrogen-bond donors (Lipinski definition) is 1. The van der Waals surface area contributed by atoms with Gasteiger partial charge in [0.2, 0.25) is 0 Å². The summed E-state index contributed by atoms with van der Waals surface area (Å²) in [6.45, 7) is 13.1. The van der Waals surface area contributed by atoms with Crippen LogP contribution in [0.3, 0.4) is 0 Å². The summed E-state index contributed by atoms with van der Waals surface area (Å²) in [6, 6.07) is 0. The van der Waals surface area contributed by atoms with Crippen molar-refractivity contribution < 1.29 is 9.84 Å². The van der Waals surface area contributed by atoms with Gasteiger partial charge in [-0.25, -0.2) is 0 Å². The second kappa shape index (κ2) is 11.3. The molecular weight excluding hydrogens is 356 g/mol. The van der Waals surface area contributed by atoms with Crippen molar-refractivity contribution in [3.05, 3.63) is 22.3 Å². The summed E-state index contributed by atoms with van der Waals surface area (Å²) >= 11 is 0. The Balaban J connectivity index is 1.75. The summed E-state index contributed by atoms with van der Waals surface area (Å²) in [7, 11) is 0. The minimum absolute atomic E-state index is 0.0629. The first-order valence-electron chi connectivity index (χ1n) is 12.3. The van der Waals surface area contributed by atoms with E-state index in [0.717, 1.165) is 47.6 Å². The van der Waals surface area contributed by atoms with Crippen LogP contribution >= 0.6 is 0 Å². The Kier molecular flexibility index (Phi) is 9.37. The molecule has 166 valence electrons. The zero-order valence-electron chi connectivity index (χ0n) is 20.1. The van der Waals surface area contributed by atoms with Crippen molar-refractivity contribution in [2.24, 2.45) is 5.92 Å². The summed E-state index contributed by atoms with van der Waals surface area (Å²) in [6.07, 6.45) is 17.0. The molecule has 2 atom stereocenters. The van der Waals surface area contributed by atoms with Gasteiger partial charge >= 0.3 is 0 Å². The molecule has 1 aromatic rings. The van der Waals surface area contributed by atoms with Crippen LogP contribution in [0, 0.1) is 26.7 Å². The third-order valence-electron chi connectivity index (χ3n) is 7.30. The van der Waals surface area contributed by atoms with Crippen LogP contribution in [-0.2, 0) is 6.42 Å². The number of rotatable bonds is 12. The smallest absolute Gasteiger partial charge is 0.127 e. The highest BCUT2D eigenvalue weighted by Crippen LogP contribution is 2.44. The quantitative estimate of drug-likeness (QED) is 0.356. The molecule has 0 saturated carbocycles. The highest BCUT2D eigenvalue weighted by atomic mass is 16.5. The minimum Gasteiger partial charge on any atom is -0.507 e. The van der Waals surface area contributed by atoms with Gasteiger partial charge in [0.15, 0.2) is 0 Å². The first-order chi connectivity index (χ1) is 13.8. The molecular formula is C27H46O2. The van der Waals surface area contributed by atoms with E-state index in [1.54, 1.807) is 0 Å². The predicted octanol–water partition coefficient (Wildman–Crippen LogP) is 8.35. The maximum absolute atomic E-state index is 10.4. The number of phenols is 1. The van der Waals surface area contributed by atoms with E-state index in [2.05, 4.69) is 27.7 Å². The number of phenolic OH excluding ortho intramolecular Hbond substituents is 1. The van der Waals surface area contributed by atoms with Gasteiger partial charge in [-0.3, -0.25) is 0 Å². The maximum atomic E-state index is 10.4. The highest BCUT2D eigenvalue weighted by molar-refractivity contribution is 5.58. The second-order valence-electron chi connectivity index (χ2n) is 9.99. The van der Waals surface area contributed by atoms with Crippen LogP contribution in [-0.4, -0.2) is 10.7 Å². The monoisotopic (exact) mass is 402 g/mol. The van der Waals surface area contributed by atoms with Crippen LogP contribution in [0.2, 0.25) is 0 Å². The Hall–Kier alpha value is -1.18. The van der Waals surface area contributed by atoms with Gasteiger partial charge in [-0.1, -0.05) is 71.6 Å². The lowest BCUT2D eigenvalue weighted by atomic mass is 9.84. The minimum atomic E-state index is -0.0629. The molecule has 2 rings (SSSR count). The summed E-state index contributed by atoms with van der Waals surface area (Å²) in [5, 5.41) is 10.4. The van der Waals surface area contributed by atoms with Gasteiger partial charge in [-0.05, 0) is 76.0 Å². The van der Waals surface area contributed by atoms with E-state index in [4.69, 9.17) is 4.74 Å². The number of hydrogen-bond acceptors (Lipinski definition) is 2. The molecule has 29 heavy (non-hydrogen) atoms. The molecule has 0 fully saturated rings. The molecule has 1 aliphatic heterocycles. The SMILES string of the molecule is CCCCCCCCCC(C)CCCC1(C)CCc2c(C)c(O)c(C)c(C)c2O1. The molecule has 0 spiro atoms. The maximum Gasteiger partial charge on any atom is 0.127 e. The lowest BCUT2D eigenvalue weighted by molar-refractivity contribution is 0.0512. The zero-order valence-corrected chi connectivity index (χ0v) is 20.1. The van der Waals surface area contributed by atoms with Gasteiger partial charge in [-0.2, -0.15) is 0 Å². The molecule has 0 aromatic heterocycles. The molecule has 0 saturated heterocycles. The topological polar surface area (TPSA) is 29.5 Å². The predicted molar refractivity (Wildman–Crippen MR) is 125 cm³/mol. The third-order valence-corrected chi connectivity index (χ3v) is 7.30. The number of fused-ring (bicyclic) bond motifs is 1. The van der Waals surface area contributed by atoms with Crippen molar-refractivity contribution in [3.8, 4) is 11.5 Å². The molecule has 0 radical (unpaired) electrons. The fourth-order valence-electron chi connectivity index (χ4n) is 4.89. The fraction of sp³-hybridized carbons (Fsp3) is 0.778. The molecule has 0 amide bonds.